The molecule has 0 atom stereocenters. The lowest BCUT2D eigenvalue weighted by atomic mass is 10.1. The van der Waals surface area contributed by atoms with Crippen LogP contribution in [0.15, 0.2) is 46.9 Å². The highest BCUT2D eigenvalue weighted by molar-refractivity contribution is 9.10. The van der Waals surface area contributed by atoms with Gasteiger partial charge in [-0.1, -0.05) is 34.1 Å². The Labute approximate surface area is 112 Å². The Morgan fingerprint density at radius 1 is 1.28 bits per heavy atom. The van der Waals surface area contributed by atoms with E-state index in [1.54, 1.807) is 6.07 Å². The molecule has 18 heavy (non-hydrogen) atoms. The standard InChI is InChI=1S/C13H10BrFN2O/c14-10-4-1-3-9(7-10)8-13(18)17-12-6-2-5-11(15)16-12/h1-7H,8H2,(H,16,17,18). The molecule has 0 radical (unpaired) electrons. The highest BCUT2D eigenvalue weighted by Gasteiger charge is 2.05. The SMILES string of the molecule is O=C(Cc1cccc(Br)c1)Nc1cccc(F)n1. The second-order valence-corrected chi connectivity index (χ2v) is 4.62. The van der Waals surface area contributed by atoms with Gasteiger partial charge in [-0.05, 0) is 29.8 Å². The van der Waals surface area contributed by atoms with Crippen molar-refractivity contribution in [3.63, 3.8) is 0 Å². The molecule has 0 saturated heterocycles. The first-order chi connectivity index (χ1) is 8.63. The highest BCUT2D eigenvalue weighted by atomic mass is 79.9. The van der Waals surface area contributed by atoms with Gasteiger partial charge in [-0.3, -0.25) is 4.79 Å². The van der Waals surface area contributed by atoms with Crippen LogP contribution in [0.25, 0.3) is 0 Å². The van der Waals surface area contributed by atoms with Crippen molar-refractivity contribution in [3.05, 3.63) is 58.4 Å². The van der Waals surface area contributed by atoms with Crippen LogP contribution < -0.4 is 5.32 Å². The first-order valence-corrected chi connectivity index (χ1v) is 6.09. The Kier molecular flexibility index (Phi) is 4.04. The van der Waals surface area contributed by atoms with Gasteiger partial charge >= 0.3 is 0 Å². The maximum atomic E-state index is 12.8. The van der Waals surface area contributed by atoms with Gasteiger partial charge in [0, 0.05) is 4.47 Å². The van der Waals surface area contributed by atoms with Crippen LogP contribution in [0.5, 0.6) is 0 Å². The van der Waals surface area contributed by atoms with E-state index in [1.165, 1.54) is 12.1 Å². The van der Waals surface area contributed by atoms with E-state index in [2.05, 4.69) is 26.2 Å². The Balaban J connectivity index is 2.01. The predicted molar refractivity (Wildman–Crippen MR) is 70.7 cm³/mol. The van der Waals surface area contributed by atoms with Gasteiger partial charge < -0.3 is 5.32 Å². The van der Waals surface area contributed by atoms with Crippen LogP contribution in [0.1, 0.15) is 5.56 Å². The highest BCUT2D eigenvalue weighted by Crippen LogP contribution is 2.12. The quantitative estimate of drug-likeness (QED) is 0.885. The Morgan fingerprint density at radius 2 is 2.06 bits per heavy atom. The number of amides is 1. The third-order valence-corrected chi connectivity index (χ3v) is 2.73. The van der Waals surface area contributed by atoms with Gasteiger partial charge in [-0.15, -0.1) is 0 Å². The van der Waals surface area contributed by atoms with Gasteiger partial charge in [0.2, 0.25) is 11.9 Å². The number of nitrogens with zero attached hydrogens (tertiary/aromatic N) is 1. The largest absolute Gasteiger partial charge is 0.310 e. The number of hydrogen-bond acceptors (Lipinski definition) is 2. The second-order valence-electron chi connectivity index (χ2n) is 3.70. The zero-order valence-corrected chi connectivity index (χ0v) is 10.9. The fourth-order valence-corrected chi connectivity index (χ4v) is 1.94. The first kappa shape index (κ1) is 12.7. The average molecular weight is 309 g/mol. The van der Waals surface area contributed by atoms with Crippen molar-refractivity contribution in [2.24, 2.45) is 0 Å². The molecule has 0 bridgehead atoms. The zero-order chi connectivity index (χ0) is 13.0. The molecule has 0 aliphatic heterocycles. The number of pyridine rings is 1. The number of carbonyl (C=O) groups excluding carboxylic acids is 1. The number of benzene rings is 1. The van der Waals surface area contributed by atoms with Gasteiger partial charge in [0.25, 0.3) is 0 Å². The molecule has 5 heteroatoms. The molecule has 1 N–H and O–H groups in total. The molecule has 0 spiro atoms. The van der Waals surface area contributed by atoms with E-state index >= 15 is 0 Å². The van der Waals surface area contributed by atoms with Gasteiger partial charge in [0.1, 0.15) is 5.82 Å². The van der Waals surface area contributed by atoms with Crippen LogP contribution in [-0.2, 0) is 11.2 Å². The number of halogens is 2. The van der Waals surface area contributed by atoms with Crippen molar-refractivity contribution in [2.45, 2.75) is 6.42 Å². The molecular weight excluding hydrogens is 299 g/mol. The molecule has 2 aromatic rings. The molecule has 1 aromatic carbocycles. The first-order valence-electron chi connectivity index (χ1n) is 5.30. The second kappa shape index (κ2) is 5.73. The summed E-state index contributed by atoms with van der Waals surface area (Å²) in [5, 5.41) is 2.55. The fourth-order valence-electron chi connectivity index (χ4n) is 1.50. The van der Waals surface area contributed by atoms with Crippen LogP contribution in [0.2, 0.25) is 0 Å². The normalized spacial score (nSPS) is 10.1. The number of nitrogens with one attached hydrogen (secondary N) is 1. The van der Waals surface area contributed by atoms with E-state index < -0.39 is 5.95 Å². The van der Waals surface area contributed by atoms with Crippen molar-refractivity contribution in [1.82, 2.24) is 4.98 Å². The maximum Gasteiger partial charge on any atom is 0.229 e. The predicted octanol–water partition coefficient (Wildman–Crippen LogP) is 3.16. The average Bonchev–Trinajstić information content (AvgIpc) is 2.28. The molecule has 1 aromatic heterocycles. The molecule has 0 aliphatic rings. The van der Waals surface area contributed by atoms with E-state index in [4.69, 9.17) is 0 Å². The van der Waals surface area contributed by atoms with Crippen LogP contribution in [0, 0.1) is 5.95 Å². The molecule has 3 nitrogen and oxygen atoms in total. The topological polar surface area (TPSA) is 42.0 Å². The molecule has 1 heterocycles. The fraction of sp³-hybridized carbons (Fsp3) is 0.0769. The summed E-state index contributed by atoms with van der Waals surface area (Å²) in [6.45, 7) is 0. The van der Waals surface area contributed by atoms with E-state index in [0.717, 1.165) is 10.0 Å². The van der Waals surface area contributed by atoms with Crippen LogP contribution in [-0.4, -0.2) is 10.9 Å². The maximum absolute atomic E-state index is 12.8. The minimum atomic E-state index is -0.616. The van der Waals surface area contributed by atoms with Crippen LogP contribution in [0.4, 0.5) is 10.2 Å². The third-order valence-electron chi connectivity index (χ3n) is 2.24. The number of rotatable bonds is 3. The minimum Gasteiger partial charge on any atom is -0.310 e. The summed E-state index contributed by atoms with van der Waals surface area (Å²) in [6.07, 6.45) is 0.220. The third kappa shape index (κ3) is 3.63. The number of carbonyl (C=O) groups is 1. The van der Waals surface area contributed by atoms with Crippen LogP contribution >= 0.6 is 15.9 Å². The molecule has 2 rings (SSSR count). The van der Waals surface area contributed by atoms with Gasteiger partial charge in [-0.25, -0.2) is 4.98 Å². The number of aromatic nitrogens is 1. The van der Waals surface area contributed by atoms with Gasteiger partial charge in [-0.2, -0.15) is 4.39 Å². The Morgan fingerprint density at radius 3 is 2.78 bits per heavy atom. The molecular formula is C13H10BrFN2O. The summed E-state index contributed by atoms with van der Waals surface area (Å²) in [7, 11) is 0. The van der Waals surface area contributed by atoms with Crippen LogP contribution in [0.3, 0.4) is 0 Å². The Bertz CT molecular complexity index is 525. The van der Waals surface area contributed by atoms with Crippen molar-refractivity contribution >= 4 is 27.7 Å². The molecule has 92 valence electrons. The molecule has 0 fully saturated rings. The lowest BCUT2D eigenvalue weighted by molar-refractivity contribution is -0.115. The number of hydrogen-bond donors (Lipinski definition) is 1. The molecule has 0 aliphatic carbocycles. The Hall–Kier alpha value is -1.75. The lowest BCUT2D eigenvalue weighted by Crippen LogP contribution is -2.15. The lowest BCUT2D eigenvalue weighted by Gasteiger charge is -2.04. The van der Waals surface area contributed by atoms with Crippen molar-refractivity contribution in [3.8, 4) is 0 Å². The van der Waals surface area contributed by atoms with Gasteiger partial charge in [0.05, 0.1) is 6.42 Å². The zero-order valence-electron chi connectivity index (χ0n) is 9.36. The van der Waals surface area contributed by atoms with E-state index in [-0.39, 0.29) is 18.1 Å². The van der Waals surface area contributed by atoms with Crippen molar-refractivity contribution < 1.29 is 9.18 Å². The molecule has 1 amide bonds. The summed E-state index contributed by atoms with van der Waals surface area (Å²) in [6, 6.07) is 11.7. The minimum absolute atomic E-state index is 0.218. The van der Waals surface area contributed by atoms with Crippen molar-refractivity contribution in [1.29, 1.82) is 0 Å². The van der Waals surface area contributed by atoms with Crippen molar-refractivity contribution in [2.75, 3.05) is 5.32 Å². The summed E-state index contributed by atoms with van der Waals surface area (Å²) in [4.78, 5) is 15.3. The number of anilines is 1. The van der Waals surface area contributed by atoms with Gasteiger partial charge in [0.15, 0.2) is 0 Å². The summed E-state index contributed by atoms with van der Waals surface area (Å²) < 4.78 is 13.7. The van der Waals surface area contributed by atoms with E-state index in [9.17, 15) is 9.18 Å². The summed E-state index contributed by atoms with van der Waals surface area (Å²) in [5.41, 5.74) is 0.873. The molecule has 0 saturated carbocycles. The summed E-state index contributed by atoms with van der Waals surface area (Å²) >= 11 is 3.33. The monoisotopic (exact) mass is 308 g/mol. The van der Waals surface area contributed by atoms with E-state index in [0.29, 0.717) is 0 Å². The smallest absolute Gasteiger partial charge is 0.229 e. The summed E-state index contributed by atoms with van der Waals surface area (Å²) in [5.74, 6) is -0.628. The van der Waals surface area contributed by atoms with E-state index in [1.807, 2.05) is 24.3 Å². The molecule has 0 unspecified atom stereocenters.